The van der Waals surface area contributed by atoms with Crippen LogP contribution in [-0.4, -0.2) is 43.8 Å². The van der Waals surface area contributed by atoms with Crippen molar-refractivity contribution in [2.24, 2.45) is 0 Å². The van der Waals surface area contributed by atoms with Crippen molar-refractivity contribution < 1.29 is 22.0 Å². The predicted molar refractivity (Wildman–Crippen MR) is 108 cm³/mol. The number of anilines is 4. The summed E-state index contributed by atoms with van der Waals surface area (Å²) in [6, 6.07) is 2.42. The first-order chi connectivity index (χ1) is 13.7. The summed E-state index contributed by atoms with van der Waals surface area (Å²) < 4.78 is 54.5. The van der Waals surface area contributed by atoms with Gasteiger partial charge in [-0.15, -0.1) is 0 Å². The molecule has 9 nitrogen and oxygen atoms in total. The minimum absolute atomic E-state index is 0.189. The van der Waals surface area contributed by atoms with Gasteiger partial charge in [0.05, 0.1) is 11.4 Å². The molecule has 0 aliphatic rings. The van der Waals surface area contributed by atoms with Crippen molar-refractivity contribution in [3.8, 4) is 0 Å². The van der Waals surface area contributed by atoms with Gasteiger partial charge in [0.25, 0.3) is 0 Å². The first-order valence-corrected chi connectivity index (χ1v) is 10.4. The van der Waals surface area contributed by atoms with Gasteiger partial charge in [0.15, 0.2) is 5.82 Å². The molecule has 0 aliphatic heterocycles. The van der Waals surface area contributed by atoms with Crippen molar-refractivity contribution in [3.05, 3.63) is 36.2 Å². The Labute approximate surface area is 167 Å². The van der Waals surface area contributed by atoms with E-state index in [1.807, 2.05) is 11.6 Å². The molecule has 2 rings (SSSR count). The van der Waals surface area contributed by atoms with Crippen LogP contribution >= 0.6 is 0 Å². The van der Waals surface area contributed by atoms with Crippen LogP contribution < -0.4 is 20.3 Å². The average molecular weight is 428 g/mol. The quantitative estimate of drug-likeness (QED) is 0.595. The van der Waals surface area contributed by atoms with Gasteiger partial charge in [-0.05, 0) is 25.5 Å². The Morgan fingerprint density at radius 3 is 2.59 bits per heavy atom. The molecule has 12 heteroatoms. The van der Waals surface area contributed by atoms with Gasteiger partial charge in [-0.3, -0.25) is 9.62 Å². The molecule has 29 heavy (non-hydrogen) atoms. The number of hydrogen-bond donors (Lipinski definition) is 3. The van der Waals surface area contributed by atoms with Crippen LogP contribution in [0.4, 0.5) is 36.6 Å². The number of carbonyl (C=O) groups excluding carboxylic acids is 1. The van der Waals surface area contributed by atoms with Gasteiger partial charge >= 0.3 is 6.03 Å². The van der Waals surface area contributed by atoms with E-state index in [1.165, 1.54) is 19.4 Å². The fraction of sp³-hybridized carbons (Fsp3) is 0.353. The largest absolute Gasteiger partial charge is 0.370 e. The van der Waals surface area contributed by atoms with Crippen LogP contribution in [0.2, 0.25) is 0 Å². The zero-order valence-corrected chi connectivity index (χ0v) is 17.0. The number of carbonyl (C=O) groups is 1. The molecule has 0 saturated heterocycles. The average Bonchev–Trinajstić information content (AvgIpc) is 2.67. The number of rotatable bonds is 8. The molecule has 3 N–H and O–H groups in total. The van der Waals surface area contributed by atoms with Crippen molar-refractivity contribution in [1.82, 2.24) is 9.97 Å². The molecule has 0 fully saturated rings. The monoisotopic (exact) mass is 428 g/mol. The van der Waals surface area contributed by atoms with Crippen LogP contribution in [0.5, 0.6) is 0 Å². The third kappa shape index (κ3) is 5.73. The van der Waals surface area contributed by atoms with Crippen LogP contribution in [-0.2, 0) is 10.0 Å². The number of hydrogen-bond acceptors (Lipinski definition) is 6. The molecule has 1 aromatic heterocycles. The third-order valence-electron chi connectivity index (χ3n) is 3.72. The van der Waals surface area contributed by atoms with E-state index in [9.17, 15) is 22.0 Å². The van der Waals surface area contributed by atoms with Gasteiger partial charge < -0.3 is 10.6 Å². The van der Waals surface area contributed by atoms with E-state index in [2.05, 4.69) is 20.6 Å². The number of nitrogens with zero attached hydrogens (tertiary/aromatic N) is 3. The molecule has 0 atom stereocenters. The van der Waals surface area contributed by atoms with E-state index in [4.69, 9.17) is 0 Å². The molecule has 2 amide bonds. The van der Waals surface area contributed by atoms with Gasteiger partial charge in [-0.2, -0.15) is 0 Å². The van der Waals surface area contributed by atoms with Gasteiger partial charge in [0.1, 0.15) is 29.5 Å². The van der Waals surface area contributed by atoms with Crippen LogP contribution in [0, 0.1) is 11.6 Å². The number of sulfonamides is 1. The maximum atomic E-state index is 14.7. The second-order valence-electron chi connectivity index (χ2n) is 5.99. The van der Waals surface area contributed by atoms with Crippen molar-refractivity contribution in [2.45, 2.75) is 20.3 Å². The summed E-state index contributed by atoms with van der Waals surface area (Å²) in [4.78, 5) is 21.4. The van der Waals surface area contributed by atoms with E-state index < -0.39 is 39.1 Å². The molecule has 0 aliphatic carbocycles. The third-order valence-corrected chi connectivity index (χ3v) is 5.20. The van der Waals surface area contributed by atoms with E-state index >= 15 is 0 Å². The van der Waals surface area contributed by atoms with Gasteiger partial charge in [0.2, 0.25) is 10.0 Å². The first kappa shape index (κ1) is 22.3. The molecule has 1 heterocycles. The normalized spacial score (nSPS) is 11.1. The van der Waals surface area contributed by atoms with E-state index in [-0.39, 0.29) is 11.6 Å². The lowest BCUT2D eigenvalue weighted by atomic mass is 10.2. The lowest BCUT2D eigenvalue weighted by Crippen LogP contribution is -2.32. The zero-order chi connectivity index (χ0) is 21.6. The highest BCUT2D eigenvalue weighted by Crippen LogP contribution is 2.27. The topological polar surface area (TPSA) is 116 Å². The summed E-state index contributed by atoms with van der Waals surface area (Å²) in [5.74, 6) is -1.85. The molecule has 1 aromatic carbocycles. The molecule has 2 aromatic rings. The Bertz CT molecular complexity index is 987. The summed E-state index contributed by atoms with van der Waals surface area (Å²) in [5, 5.41) is 5.06. The number of amides is 2. The van der Waals surface area contributed by atoms with Crippen LogP contribution in [0.25, 0.3) is 0 Å². The van der Waals surface area contributed by atoms with Gasteiger partial charge in [0, 0.05) is 19.7 Å². The van der Waals surface area contributed by atoms with Crippen LogP contribution in [0.3, 0.4) is 0 Å². The zero-order valence-electron chi connectivity index (χ0n) is 16.2. The maximum absolute atomic E-state index is 14.7. The molecular formula is C17H22F2N6O3S. The molecule has 158 valence electrons. The molecular weight excluding hydrogens is 406 g/mol. The minimum atomic E-state index is -3.79. The Hall–Kier alpha value is -3.02. The number of nitrogens with one attached hydrogen (secondary N) is 3. The van der Waals surface area contributed by atoms with E-state index in [0.29, 0.717) is 18.8 Å². The van der Waals surface area contributed by atoms with Crippen molar-refractivity contribution in [2.75, 3.05) is 39.6 Å². The summed E-state index contributed by atoms with van der Waals surface area (Å²) in [5.41, 5.74) is -1.24. The van der Waals surface area contributed by atoms with Gasteiger partial charge in [-0.25, -0.2) is 32.0 Å². The Morgan fingerprint density at radius 1 is 1.21 bits per heavy atom. The highest BCUT2D eigenvalue weighted by molar-refractivity contribution is 7.92. The summed E-state index contributed by atoms with van der Waals surface area (Å²) in [7, 11) is -2.44. The van der Waals surface area contributed by atoms with Crippen molar-refractivity contribution >= 4 is 39.1 Å². The smallest absolute Gasteiger partial charge is 0.327 e. The Balaban J connectivity index is 2.25. The molecule has 0 bridgehead atoms. The lowest BCUT2D eigenvalue weighted by Gasteiger charge is -2.19. The van der Waals surface area contributed by atoms with Crippen molar-refractivity contribution in [3.63, 3.8) is 0 Å². The molecule has 0 spiro atoms. The fourth-order valence-corrected chi connectivity index (χ4v) is 3.47. The fourth-order valence-electron chi connectivity index (χ4n) is 2.34. The predicted octanol–water partition coefficient (Wildman–Crippen LogP) is 3.01. The summed E-state index contributed by atoms with van der Waals surface area (Å²) >= 11 is 0. The van der Waals surface area contributed by atoms with Crippen LogP contribution in [0.1, 0.15) is 20.3 Å². The molecule has 0 saturated carbocycles. The highest BCUT2D eigenvalue weighted by atomic mass is 32.2. The SMILES string of the molecule is CCCS(=O)(=O)Nc1ccc(F)c(NC(=O)N(C)c2cc(NCC)ncn2)c1F. The first-order valence-electron chi connectivity index (χ1n) is 8.77. The number of urea groups is 1. The number of halogens is 2. The standard InChI is InChI=1S/C17H22F2N6O3S/c1-4-8-29(27,28)24-12-7-6-11(18)16(15(12)19)23-17(26)25(3)14-9-13(20-5-2)21-10-22-14/h6-7,9-10,24H,4-5,8H2,1-3H3,(H,23,26)(H,20,21,22). The molecule has 0 unspecified atom stereocenters. The van der Waals surface area contributed by atoms with Crippen molar-refractivity contribution in [1.29, 1.82) is 0 Å². The lowest BCUT2D eigenvalue weighted by molar-refractivity contribution is 0.257. The van der Waals surface area contributed by atoms with E-state index in [0.717, 1.165) is 17.0 Å². The second-order valence-corrected chi connectivity index (χ2v) is 7.83. The van der Waals surface area contributed by atoms with Gasteiger partial charge in [-0.1, -0.05) is 6.92 Å². The Morgan fingerprint density at radius 2 is 1.93 bits per heavy atom. The Kier molecular flexibility index (Phi) is 7.26. The minimum Gasteiger partial charge on any atom is -0.370 e. The highest BCUT2D eigenvalue weighted by Gasteiger charge is 2.21. The summed E-state index contributed by atoms with van der Waals surface area (Å²) in [6.07, 6.45) is 1.56. The maximum Gasteiger partial charge on any atom is 0.327 e. The number of benzene rings is 1. The molecule has 0 radical (unpaired) electrons. The van der Waals surface area contributed by atoms with E-state index in [1.54, 1.807) is 6.92 Å². The van der Waals surface area contributed by atoms with Crippen LogP contribution in [0.15, 0.2) is 24.5 Å². The summed E-state index contributed by atoms with van der Waals surface area (Å²) in [6.45, 7) is 4.12. The second kappa shape index (κ2) is 9.45. The number of aromatic nitrogens is 2.